The maximum absolute atomic E-state index is 9.29. The summed E-state index contributed by atoms with van der Waals surface area (Å²) in [5.41, 5.74) is 8.34. The SMILES string of the molecule is CCCCCCCCc1c2cc(C(C)(C)C)sc2c(C(CCC)CCCCCCC)c2cc(-c3sc(C4=CC=C(c5cc(C)c(C(C)(C)C)s5)C(=N)C4=N)cc3C)sc12. The van der Waals surface area contributed by atoms with Gasteiger partial charge in [-0.3, -0.25) is 10.8 Å². The van der Waals surface area contributed by atoms with Crippen molar-refractivity contribution >= 4 is 88.1 Å². The first-order valence-corrected chi connectivity index (χ1v) is 26.2. The van der Waals surface area contributed by atoms with Crippen LogP contribution in [0.25, 0.3) is 41.1 Å². The average Bonchev–Trinajstić information content (AvgIpc) is 3.98. The monoisotopic (exact) mass is 864 g/mol. The predicted octanol–water partition coefficient (Wildman–Crippen LogP) is 18.8. The van der Waals surface area contributed by atoms with Crippen LogP contribution in [0.5, 0.6) is 0 Å². The number of hydrogen-bond donors (Lipinski definition) is 2. The number of aryl methyl sites for hydroxylation is 3. The molecule has 1 aliphatic carbocycles. The third kappa shape index (κ3) is 10.2. The van der Waals surface area contributed by atoms with Gasteiger partial charge in [0.2, 0.25) is 0 Å². The minimum atomic E-state index is 0.0579. The van der Waals surface area contributed by atoms with Crippen LogP contribution in [0.1, 0.15) is 200 Å². The summed E-state index contributed by atoms with van der Waals surface area (Å²) in [5, 5.41) is 21.5. The molecule has 318 valence electrons. The highest BCUT2D eigenvalue weighted by Gasteiger charge is 2.29. The molecular weight excluding hydrogens is 793 g/mol. The van der Waals surface area contributed by atoms with Gasteiger partial charge in [0.15, 0.2) is 0 Å². The second-order valence-corrected chi connectivity index (χ2v) is 23.7. The van der Waals surface area contributed by atoms with Gasteiger partial charge in [0.1, 0.15) is 0 Å². The fourth-order valence-electron chi connectivity index (χ4n) is 9.10. The molecule has 2 nitrogen and oxygen atoms in total. The van der Waals surface area contributed by atoms with Crippen molar-refractivity contribution in [1.29, 1.82) is 10.8 Å². The minimum Gasteiger partial charge on any atom is -0.298 e. The summed E-state index contributed by atoms with van der Waals surface area (Å²) in [5.74, 6) is 0.565. The molecule has 1 atom stereocenters. The molecule has 1 aliphatic rings. The van der Waals surface area contributed by atoms with Crippen molar-refractivity contribution in [1.82, 2.24) is 0 Å². The van der Waals surface area contributed by atoms with Gasteiger partial charge in [-0.15, -0.1) is 45.3 Å². The quantitative estimate of drug-likeness (QED) is 0.0614. The number of nitrogens with one attached hydrogen (secondary N) is 2. The molecule has 4 heterocycles. The molecule has 1 unspecified atom stereocenters. The first kappa shape index (κ1) is 45.9. The Kier molecular flexibility index (Phi) is 15.2. The van der Waals surface area contributed by atoms with Crippen LogP contribution in [0.4, 0.5) is 0 Å². The lowest BCUT2D eigenvalue weighted by Gasteiger charge is -2.21. The van der Waals surface area contributed by atoms with Crippen LogP contribution in [0, 0.1) is 24.7 Å². The van der Waals surface area contributed by atoms with E-state index in [0.717, 1.165) is 27.3 Å². The summed E-state index contributed by atoms with van der Waals surface area (Å²) in [4.78, 5) is 7.74. The van der Waals surface area contributed by atoms with Gasteiger partial charge in [0.05, 0.1) is 11.4 Å². The first-order valence-electron chi connectivity index (χ1n) is 22.9. The number of benzene rings is 1. The fourth-order valence-corrected chi connectivity index (χ4v) is 14.4. The number of fused-ring (bicyclic) bond motifs is 2. The van der Waals surface area contributed by atoms with Crippen molar-refractivity contribution in [3.8, 4) is 9.75 Å². The highest BCUT2D eigenvalue weighted by Crippen LogP contribution is 2.51. The van der Waals surface area contributed by atoms with E-state index < -0.39 is 0 Å². The second kappa shape index (κ2) is 19.6. The van der Waals surface area contributed by atoms with Gasteiger partial charge in [0, 0.05) is 49.8 Å². The molecule has 0 saturated heterocycles. The standard InChI is InChI=1S/C53H72N2S4/c1-12-15-17-19-21-23-26-36-39-32-44(52(6,7)8)59-50(39)45(35(24-14-3)25-22-20-18-16-13-2)40-31-43(57-49(36)40)48-33(4)29-41(56-48)37-27-28-38(47(55)46(37)54)42-30-34(5)51(58-42)53(9,10)11/h27-32,35,54-55H,12-26H2,1-11H3. The minimum absolute atomic E-state index is 0.0579. The molecule has 0 saturated carbocycles. The Labute approximate surface area is 373 Å². The average molecular weight is 865 g/mol. The van der Waals surface area contributed by atoms with E-state index in [0.29, 0.717) is 17.3 Å². The van der Waals surface area contributed by atoms with Crippen molar-refractivity contribution in [3.05, 3.63) is 78.2 Å². The molecule has 59 heavy (non-hydrogen) atoms. The lowest BCUT2D eigenvalue weighted by atomic mass is 9.84. The normalized spacial score (nSPS) is 14.6. The van der Waals surface area contributed by atoms with Crippen molar-refractivity contribution in [3.63, 3.8) is 0 Å². The fraction of sp³-hybridized carbons (Fsp3) is 0.547. The van der Waals surface area contributed by atoms with Crippen LogP contribution >= 0.6 is 45.3 Å². The topological polar surface area (TPSA) is 47.7 Å². The summed E-state index contributed by atoms with van der Waals surface area (Å²) in [6, 6.07) is 9.69. The Morgan fingerprint density at radius 1 is 0.542 bits per heavy atom. The molecule has 0 aliphatic heterocycles. The summed E-state index contributed by atoms with van der Waals surface area (Å²) in [6.07, 6.45) is 23.6. The number of rotatable bonds is 19. The molecule has 0 amide bonds. The Morgan fingerprint density at radius 3 is 1.73 bits per heavy atom. The number of thiophene rings is 4. The second-order valence-electron chi connectivity index (χ2n) is 19.5. The van der Waals surface area contributed by atoms with Crippen LogP contribution in [0.2, 0.25) is 0 Å². The van der Waals surface area contributed by atoms with E-state index in [9.17, 15) is 10.8 Å². The van der Waals surface area contributed by atoms with E-state index in [4.69, 9.17) is 0 Å². The molecule has 0 bridgehead atoms. The van der Waals surface area contributed by atoms with Crippen LogP contribution in [0.3, 0.4) is 0 Å². The summed E-state index contributed by atoms with van der Waals surface area (Å²) >= 11 is 7.73. The zero-order valence-corrected chi connectivity index (χ0v) is 41.5. The van der Waals surface area contributed by atoms with Gasteiger partial charge in [-0.05, 0) is 114 Å². The zero-order chi connectivity index (χ0) is 42.6. The molecule has 2 N–H and O–H groups in total. The third-order valence-corrected chi connectivity index (χ3v) is 18.2. The number of hydrogen-bond acceptors (Lipinski definition) is 6. The van der Waals surface area contributed by atoms with Crippen molar-refractivity contribution in [2.75, 3.05) is 0 Å². The molecule has 0 spiro atoms. The smallest absolute Gasteiger partial charge is 0.0882 e. The number of allylic oxidation sites excluding steroid dienone is 4. The van der Waals surface area contributed by atoms with E-state index in [1.165, 1.54) is 136 Å². The van der Waals surface area contributed by atoms with Gasteiger partial charge in [-0.2, -0.15) is 0 Å². The van der Waals surface area contributed by atoms with E-state index in [-0.39, 0.29) is 10.8 Å². The van der Waals surface area contributed by atoms with E-state index in [2.05, 4.69) is 124 Å². The van der Waals surface area contributed by atoms with Gasteiger partial charge >= 0.3 is 0 Å². The lowest BCUT2D eigenvalue weighted by Crippen LogP contribution is -2.17. The van der Waals surface area contributed by atoms with E-state index in [1.807, 2.05) is 22.7 Å². The van der Waals surface area contributed by atoms with Gasteiger partial charge < -0.3 is 0 Å². The summed E-state index contributed by atoms with van der Waals surface area (Å²) < 4.78 is 3.09. The molecule has 4 aromatic heterocycles. The van der Waals surface area contributed by atoms with Crippen LogP contribution in [-0.4, -0.2) is 11.4 Å². The molecular formula is C53H72N2S4. The van der Waals surface area contributed by atoms with Gasteiger partial charge in [0.25, 0.3) is 0 Å². The Hall–Kier alpha value is -2.64. The summed E-state index contributed by atoms with van der Waals surface area (Å²) in [6.45, 7) is 25.4. The van der Waals surface area contributed by atoms with E-state index in [1.54, 1.807) is 27.2 Å². The Balaban J connectivity index is 1.46. The number of unbranched alkanes of at least 4 members (excludes halogenated alkanes) is 9. The van der Waals surface area contributed by atoms with Crippen molar-refractivity contribution in [2.24, 2.45) is 0 Å². The first-order chi connectivity index (χ1) is 28.1. The highest BCUT2D eigenvalue weighted by molar-refractivity contribution is 7.27. The third-order valence-electron chi connectivity index (χ3n) is 12.3. The van der Waals surface area contributed by atoms with Crippen LogP contribution < -0.4 is 0 Å². The molecule has 6 heteroatoms. The summed E-state index contributed by atoms with van der Waals surface area (Å²) in [7, 11) is 0. The molecule has 1 aromatic carbocycles. The maximum Gasteiger partial charge on any atom is 0.0882 e. The zero-order valence-electron chi connectivity index (χ0n) is 38.3. The van der Waals surface area contributed by atoms with Crippen LogP contribution in [0.15, 0.2) is 36.4 Å². The van der Waals surface area contributed by atoms with E-state index >= 15 is 0 Å². The molecule has 6 rings (SSSR count). The largest absolute Gasteiger partial charge is 0.298 e. The van der Waals surface area contributed by atoms with Gasteiger partial charge in [-0.25, -0.2) is 0 Å². The molecule has 0 radical (unpaired) electrons. The van der Waals surface area contributed by atoms with Crippen molar-refractivity contribution < 1.29 is 0 Å². The van der Waals surface area contributed by atoms with Crippen LogP contribution in [-0.2, 0) is 17.3 Å². The van der Waals surface area contributed by atoms with Gasteiger partial charge in [-0.1, -0.05) is 145 Å². The lowest BCUT2D eigenvalue weighted by molar-refractivity contribution is 0.520. The highest BCUT2D eigenvalue weighted by atomic mass is 32.1. The Bertz CT molecular complexity index is 2330. The van der Waals surface area contributed by atoms with Crippen molar-refractivity contribution in [2.45, 2.75) is 189 Å². The Morgan fingerprint density at radius 2 is 1.14 bits per heavy atom. The molecule has 5 aromatic rings. The predicted molar refractivity (Wildman–Crippen MR) is 271 cm³/mol. The molecule has 0 fully saturated rings. The maximum atomic E-state index is 9.29.